The SMILES string of the molecule is CCCOc1ccc(N2C(=O)[C@@H]3[C@@H](ON(c4ccccc4)[C@H]3c3ccc(OS(=O)(=O)c4ccccc4)cc3)C2=O)cc1. The fraction of sp³-hybridized carbons (Fsp3) is 0.188. The zero-order chi connectivity index (χ0) is 29.3. The number of carbonyl (C=O) groups excluding carboxylic acids is 2. The third-order valence-electron chi connectivity index (χ3n) is 7.15. The Morgan fingerprint density at radius 1 is 0.738 bits per heavy atom. The van der Waals surface area contributed by atoms with E-state index in [-0.39, 0.29) is 16.6 Å². The molecule has 2 amide bonds. The maximum absolute atomic E-state index is 13.9. The smallest absolute Gasteiger partial charge is 0.339 e. The molecule has 9 nitrogen and oxygen atoms in total. The first kappa shape index (κ1) is 27.5. The minimum atomic E-state index is -4.03. The predicted octanol–water partition coefficient (Wildman–Crippen LogP) is 5.29. The minimum absolute atomic E-state index is 0.0384. The van der Waals surface area contributed by atoms with Crippen molar-refractivity contribution in [3.05, 3.63) is 115 Å². The summed E-state index contributed by atoms with van der Waals surface area (Å²) in [6, 6.07) is 29.7. The van der Waals surface area contributed by atoms with E-state index in [2.05, 4.69) is 0 Å². The number of carbonyl (C=O) groups is 2. The lowest BCUT2D eigenvalue weighted by molar-refractivity contribution is -0.126. The molecule has 0 radical (unpaired) electrons. The van der Waals surface area contributed by atoms with E-state index in [1.807, 2.05) is 37.3 Å². The van der Waals surface area contributed by atoms with Crippen molar-refractivity contribution in [2.24, 2.45) is 5.92 Å². The summed E-state index contributed by atoms with van der Waals surface area (Å²) in [6.07, 6.45) is -0.172. The van der Waals surface area contributed by atoms with Gasteiger partial charge in [-0.3, -0.25) is 14.4 Å². The van der Waals surface area contributed by atoms with Gasteiger partial charge in [-0.1, -0.05) is 55.5 Å². The van der Waals surface area contributed by atoms with E-state index in [1.54, 1.807) is 59.7 Å². The molecule has 2 saturated heterocycles. The number of ether oxygens (including phenoxy) is 1. The normalized spacial score (nSPS) is 20.1. The largest absolute Gasteiger partial charge is 0.494 e. The summed E-state index contributed by atoms with van der Waals surface area (Å²) in [5.41, 5.74) is 1.77. The van der Waals surface area contributed by atoms with E-state index in [0.29, 0.717) is 29.3 Å². The van der Waals surface area contributed by atoms with Crippen LogP contribution in [-0.4, -0.2) is 32.9 Å². The second-order valence-electron chi connectivity index (χ2n) is 9.93. The van der Waals surface area contributed by atoms with Crippen LogP contribution in [0, 0.1) is 5.92 Å². The highest BCUT2D eigenvalue weighted by Crippen LogP contribution is 2.47. The molecule has 6 rings (SSSR count). The summed E-state index contributed by atoms with van der Waals surface area (Å²) in [5.74, 6) is -0.910. The van der Waals surface area contributed by atoms with E-state index in [0.717, 1.165) is 11.3 Å². The predicted molar refractivity (Wildman–Crippen MR) is 155 cm³/mol. The first-order valence-electron chi connectivity index (χ1n) is 13.6. The second kappa shape index (κ2) is 11.3. The molecule has 3 atom stereocenters. The van der Waals surface area contributed by atoms with Crippen LogP contribution in [0.15, 0.2) is 114 Å². The third kappa shape index (κ3) is 5.10. The molecule has 0 saturated carbocycles. The summed E-state index contributed by atoms with van der Waals surface area (Å²) in [5, 5.41) is 1.58. The lowest BCUT2D eigenvalue weighted by Crippen LogP contribution is -2.37. The Kier molecular flexibility index (Phi) is 7.40. The van der Waals surface area contributed by atoms with Crippen molar-refractivity contribution >= 4 is 33.3 Å². The molecule has 4 aromatic carbocycles. The monoisotopic (exact) mass is 584 g/mol. The highest BCUT2D eigenvalue weighted by atomic mass is 32.2. The van der Waals surface area contributed by atoms with Crippen LogP contribution < -0.4 is 18.9 Å². The summed E-state index contributed by atoms with van der Waals surface area (Å²) in [7, 11) is -4.03. The zero-order valence-electron chi connectivity index (χ0n) is 22.7. The summed E-state index contributed by atoms with van der Waals surface area (Å²) >= 11 is 0. The molecule has 0 unspecified atom stereocenters. The van der Waals surface area contributed by atoms with Gasteiger partial charge in [0.15, 0.2) is 6.10 Å². The number of amides is 2. The van der Waals surface area contributed by atoms with Gasteiger partial charge in [0.2, 0.25) is 5.91 Å². The van der Waals surface area contributed by atoms with Crippen molar-refractivity contribution in [2.75, 3.05) is 16.6 Å². The number of benzene rings is 4. The van der Waals surface area contributed by atoms with Crippen molar-refractivity contribution in [1.29, 1.82) is 0 Å². The Morgan fingerprint density at radius 3 is 2.00 bits per heavy atom. The van der Waals surface area contributed by atoms with Crippen LogP contribution in [0.4, 0.5) is 11.4 Å². The average molecular weight is 585 g/mol. The fourth-order valence-electron chi connectivity index (χ4n) is 5.20. The quantitative estimate of drug-likeness (QED) is 0.193. The first-order chi connectivity index (χ1) is 20.4. The van der Waals surface area contributed by atoms with Gasteiger partial charge in [0.25, 0.3) is 5.91 Å². The Balaban J connectivity index is 1.30. The summed E-state index contributed by atoms with van der Waals surface area (Å²) in [4.78, 5) is 34.9. The maximum Gasteiger partial charge on any atom is 0.339 e. The van der Waals surface area contributed by atoms with Crippen LogP contribution in [-0.2, 0) is 24.5 Å². The van der Waals surface area contributed by atoms with Gasteiger partial charge in [-0.2, -0.15) is 8.42 Å². The molecule has 2 aliphatic heterocycles. The fourth-order valence-corrected chi connectivity index (χ4v) is 6.15. The summed E-state index contributed by atoms with van der Waals surface area (Å²) in [6.45, 7) is 2.58. The van der Waals surface area contributed by atoms with Crippen LogP contribution in [0.5, 0.6) is 11.5 Å². The number of hydroxylamine groups is 1. The molecule has 4 aromatic rings. The highest BCUT2D eigenvalue weighted by molar-refractivity contribution is 7.87. The number of hydrogen-bond acceptors (Lipinski definition) is 8. The highest BCUT2D eigenvalue weighted by Gasteiger charge is 2.60. The van der Waals surface area contributed by atoms with Gasteiger partial charge in [-0.25, -0.2) is 9.96 Å². The van der Waals surface area contributed by atoms with Crippen LogP contribution >= 0.6 is 0 Å². The number of nitrogens with zero attached hydrogens (tertiary/aromatic N) is 2. The van der Waals surface area contributed by atoms with Crippen LogP contribution in [0.2, 0.25) is 0 Å². The number of rotatable bonds is 9. The molecule has 10 heteroatoms. The lowest BCUT2D eigenvalue weighted by Gasteiger charge is -2.28. The molecule has 0 spiro atoms. The van der Waals surface area contributed by atoms with Gasteiger partial charge >= 0.3 is 10.1 Å². The second-order valence-corrected chi connectivity index (χ2v) is 11.5. The Morgan fingerprint density at radius 2 is 1.36 bits per heavy atom. The lowest BCUT2D eigenvalue weighted by atomic mass is 9.90. The standard InChI is InChI=1S/C32H28N2O7S/c1-2-21-39-25-19-15-23(16-20-25)33-31(35)28-29(34(40-30(28)32(33)36)24-9-5-3-6-10-24)22-13-17-26(18-14-22)41-42(37,38)27-11-7-4-8-12-27/h3-20,28-30H,2,21H2,1H3/t28-,29-,30+/m0/s1. The average Bonchev–Trinajstić information content (AvgIpc) is 3.53. The molecule has 2 fully saturated rings. The number of fused-ring (bicyclic) bond motifs is 1. The van der Waals surface area contributed by atoms with Gasteiger partial charge in [0.05, 0.1) is 24.0 Å². The van der Waals surface area contributed by atoms with Crippen LogP contribution in [0.1, 0.15) is 24.9 Å². The molecule has 0 aromatic heterocycles. The van der Waals surface area contributed by atoms with Crippen LogP contribution in [0.3, 0.4) is 0 Å². The van der Waals surface area contributed by atoms with E-state index in [4.69, 9.17) is 13.8 Å². The van der Waals surface area contributed by atoms with E-state index < -0.39 is 34.1 Å². The molecular weight excluding hydrogens is 556 g/mol. The van der Waals surface area contributed by atoms with Crippen molar-refractivity contribution in [1.82, 2.24) is 0 Å². The number of anilines is 2. The van der Waals surface area contributed by atoms with Gasteiger partial charge < -0.3 is 8.92 Å². The summed E-state index contributed by atoms with van der Waals surface area (Å²) < 4.78 is 36.4. The van der Waals surface area contributed by atoms with Crippen molar-refractivity contribution in [2.45, 2.75) is 30.4 Å². The van der Waals surface area contributed by atoms with Crippen LogP contribution in [0.25, 0.3) is 0 Å². The molecule has 0 N–H and O–H groups in total. The topological polar surface area (TPSA) is 102 Å². The van der Waals surface area contributed by atoms with E-state index in [1.165, 1.54) is 24.3 Å². The van der Waals surface area contributed by atoms with Gasteiger partial charge in [-0.15, -0.1) is 0 Å². The van der Waals surface area contributed by atoms with Gasteiger partial charge in [0, 0.05) is 0 Å². The molecule has 214 valence electrons. The minimum Gasteiger partial charge on any atom is -0.494 e. The van der Waals surface area contributed by atoms with Crippen molar-refractivity contribution in [3.8, 4) is 11.5 Å². The molecule has 0 aliphatic carbocycles. The maximum atomic E-state index is 13.9. The number of imide groups is 1. The van der Waals surface area contributed by atoms with Crippen molar-refractivity contribution < 1.29 is 31.8 Å². The molecule has 2 aliphatic rings. The third-order valence-corrected chi connectivity index (χ3v) is 8.41. The number of para-hydroxylation sites is 1. The van der Waals surface area contributed by atoms with E-state index >= 15 is 0 Å². The Bertz CT molecular complexity index is 1680. The van der Waals surface area contributed by atoms with Gasteiger partial charge in [0.1, 0.15) is 22.3 Å². The first-order valence-corrected chi connectivity index (χ1v) is 15.0. The molecule has 2 heterocycles. The van der Waals surface area contributed by atoms with E-state index in [9.17, 15) is 18.0 Å². The molecular formula is C32H28N2O7S. The molecule has 42 heavy (non-hydrogen) atoms. The Hall–Kier alpha value is -4.67. The number of hydrogen-bond donors (Lipinski definition) is 0. The molecule has 0 bridgehead atoms. The zero-order valence-corrected chi connectivity index (χ0v) is 23.5. The van der Waals surface area contributed by atoms with Gasteiger partial charge in [-0.05, 0) is 72.6 Å². The van der Waals surface area contributed by atoms with Crippen molar-refractivity contribution in [3.63, 3.8) is 0 Å². The Labute approximate surface area is 243 Å².